The summed E-state index contributed by atoms with van der Waals surface area (Å²) in [5.74, 6) is 0.573. The molecule has 0 aromatic heterocycles. The van der Waals surface area contributed by atoms with E-state index in [-0.39, 0.29) is 5.60 Å². The number of rotatable bonds is 2. The van der Waals surface area contributed by atoms with Gasteiger partial charge in [0.25, 0.3) is 0 Å². The van der Waals surface area contributed by atoms with Gasteiger partial charge in [-0.2, -0.15) is 0 Å². The van der Waals surface area contributed by atoms with E-state index in [2.05, 4.69) is 20.8 Å². The van der Waals surface area contributed by atoms with Crippen LogP contribution in [0.3, 0.4) is 0 Å². The van der Waals surface area contributed by atoms with Crippen LogP contribution in [0, 0.1) is 5.92 Å². The highest BCUT2D eigenvalue weighted by Crippen LogP contribution is 2.36. The molecule has 1 nitrogen and oxygen atoms in total. The summed E-state index contributed by atoms with van der Waals surface area (Å²) >= 11 is 6.14. The van der Waals surface area contributed by atoms with Gasteiger partial charge < -0.3 is 4.74 Å². The van der Waals surface area contributed by atoms with Gasteiger partial charge in [0, 0.05) is 12.0 Å². The van der Waals surface area contributed by atoms with Gasteiger partial charge in [0.1, 0.15) is 0 Å². The third kappa shape index (κ3) is 1.94. The Bertz CT molecular complexity index is 147. The molecule has 12 heavy (non-hydrogen) atoms. The summed E-state index contributed by atoms with van der Waals surface area (Å²) in [4.78, 5) is 0. The van der Waals surface area contributed by atoms with Crippen molar-refractivity contribution in [2.24, 2.45) is 5.92 Å². The molecular weight excluding hydrogens is 172 g/mol. The van der Waals surface area contributed by atoms with Crippen LogP contribution in [0.2, 0.25) is 0 Å². The maximum Gasteiger partial charge on any atom is 0.0716 e. The zero-order valence-corrected chi connectivity index (χ0v) is 9.03. The van der Waals surface area contributed by atoms with Gasteiger partial charge >= 0.3 is 0 Å². The van der Waals surface area contributed by atoms with Crippen LogP contribution in [0.5, 0.6) is 0 Å². The minimum Gasteiger partial charge on any atom is -0.375 e. The topological polar surface area (TPSA) is 9.23 Å². The minimum atomic E-state index is 0.0602. The van der Waals surface area contributed by atoms with Crippen molar-refractivity contribution in [1.29, 1.82) is 0 Å². The second kappa shape index (κ2) is 3.97. The standard InChI is InChI=1S/C10H19ClO/c1-4-10(8(2)3)7-9(11)5-6-12-10/h8-9H,4-7H2,1-3H3. The van der Waals surface area contributed by atoms with Crippen molar-refractivity contribution in [1.82, 2.24) is 0 Å². The molecule has 0 N–H and O–H groups in total. The maximum absolute atomic E-state index is 6.14. The van der Waals surface area contributed by atoms with E-state index >= 15 is 0 Å². The third-order valence-corrected chi connectivity index (χ3v) is 3.41. The number of halogens is 1. The van der Waals surface area contributed by atoms with Crippen molar-refractivity contribution in [2.45, 2.75) is 51.0 Å². The van der Waals surface area contributed by atoms with E-state index in [9.17, 15) is 0 Å². The van der Waals surface area contributed by atoms with Crippen LogP contribution in [0.15, 0.2) is 0 Å². The van der Waals surface area contributed by atoms with Crippen molar-refractivity contribution in [3.05, 3.63) is 0 Å². The summed E-state index contributed by atoms with van der Waals surface area (Å²) < 4.78 is 5.86. The molecule has 2 heteroatoms. The average molecular weight is 191 g/mol. The Morgan fingerprint density at radius 3 is 2.58 bits per heavy atom. The van der Waals surface area contributed by atoms with Crippen LogP contribution in [0.4, 0.5) is 0 Å². The molecule has 1 aliphatic heterocycles. The first kappa shape index (κ1) is 10.3. The smallest absolute Gasteiger partial charge is 0.0716 e. The molecule has 0 radical (unpaired) electrons. The van der Waals surface area contributed by atoms with E-state index in [4.69, 9.17) is 16.3 Å². The first-order valence-corrected chi connectivity index (χ1v) is 5.32. The Balaban J connectivity index is 2.64. The number of ether oxygens (including phenoxy) is 1. The van der Waals surface area contributed by atoms with Crippen LogP contribution in [0.1, 0.15) is 40.0 Å². The summed E-state index contributed by atoms with van der Waals surface area (Å²) in [7, 11) is 0. The summed E-state index contributed by atoms with van der Waals surface area (Å²) in [5.41, 5.74) is 0.0602. The molecule has 2 atom stereocenters. The molecule has 0 aliphatic carbocycles. The van der Waals surface area contributed by atoms with E-state index in [1.165, 1.54) is 0 Å². The summed E-state index contributed by atoms with van der Waals surface area (Å²) in [6.45, 7) is 7.46. The molecular formula is C10H19ClO. The highest BCUT2D eigenvalue weighted by atomic mass is 35.5. The monoisotopic (exact) mass is 190 g/mol. The second-order valence-electron chi connectivity index (χ2n) is 4.01. The molecule has 1 saturated heterocycles. The van der Waals surface area contributed by atoms with E-state index in [0.717, 1.165) is 25.9 Å². The van der Waals surface area contributed by atoms with Crippen LogP contribution in [0.25, 0.3) is 0 Å². The van der Waals surface area contributed by atoms with Crippen LogP contribution in [-0.4, -0.2) is 17.6 Å². The largest absolute Gasteiger partial charge is 0.375 e. The van der Waals surface area contributed by atoms with E-state index in [0.29, 0.717) is 11.3 Å². The van der Waals surface area contributed by atoms with Crippen LogP contribution in [-0.2, 0) is 4.74 Å². The van der Waals surface area contributed by atoms with Gasteiger partial charge in [-0.1, -0.05) is 20.8 Å². The van der Waals surface area contributed by atoms with E-state index < -0.39 is 0 Å². The number of hydrogen-bond donors (Lipinski definition) is 0. The van der Waals surface area contributed by atoms with Gasteiger partial charge in [-0.3, -0.25) is 0 Å². The van der Waals surface area contributed by atoms with Crippen LogP contribution >= 0.6 is 11.6 Å². The lowest BCUT2D eigenvalue weighted by Crippen LogP contribution is -2.44. The lowest BCUT2D eigenvalue weighted by atomic mass is 9.81. The van der Waals surface area contributed by atoms with Crippen molar-refractivity contribution in [2.75, 3.05) is 6.61 Å². The van der Waals surface area contributed by atoms with Crippen molar-refractivity contribution in [3.63, 3.8) is 0 Å². The van der Waals surface area contributed by atoms with Gasteiger partial charge in [-0.05, 0) is 25.2 Å². The molecule has 0 saturated carbocycles. The van der Waals surface area contributed by atoms with Gasteiger partial charge in [0.15, 0.2) is 0 Å². The Kier molecular flexibility index (Phi) is 3.42. The normalized spacial score (nSPS) is 37.2. The third-order valence-electron chi connectivity index (χ3n) is 3.04. The fraction of sp³-hybridized carbons (Fsp3) is 1.00. The van der Waals surface area contributed by atoms with Crippen molar-refractivity contribution < 1.29 is 4.74 Å². The van der Waals surface area contributed by atoms with E-state index in [1.807, 2.05) is 0 Å². The number of hydrogen-bond acceptors (Lipinski definition) is 1. The van der Waals surface area contributed by atoms with Gasteiger partial charge in [-0.25, -0.2) is 0 Å². The van der Waals surface area contributed by atoms with Gasteiger partial charge in [-0.15, -0.1) is 11.6 Å². The summed E-state index contributed by atoms with van der Waals surface area (Å²) in [6, 6.07) is 0. The highest BCUT2D eigenvalue weighted by Gasteiger charge is 2.37. The van der Waals surface area contributed by atoms with Gasteiger partial charge in [0.2, 0.25) is 0 Å². The first-order valence-electron chi connectivity index (χ1n) is 4.89. The Labute approximate surface area is 80.4 Å². The SMILES string of the molecule is CCC1(C(C)C)CC(Cl)CCO1. The summed E-state index contributed by atoms with van der Waals surface area (Å²) in [6.07, 6.45) is 3.10. The quantitative estimate of drug-likeness (QED) is 0.608. The molecule has 1 rings (SSSR count). The molecule has 1 fully saturated rings. The first-order chi connectivity index (χ1) is 5.60. The van der Waals surface area contributed by atoms with Crippen molar-refractivity contribution >= 4 is 11.6 Å². The van der Waals surface area contributed by atoms with Crippen LogP contribution < -0.4 is 0 Å². The lowest BCUT2D eigenvalue weighted by molar-refractivity contribution is -0.109. The zero-order valence-electron chi connectivity index (χ0n) is 8.27. The Hall–Kier alpha value is 0.250. The van der Waals surface area contributed by atoms with Crippen molar-refractivity contribution in [3.8, 4) is 0 Å². The number of alkyl halides is 1. The molecule has 0 bridgehead atoms. The molecule has 0 aromatic carbocycles. The summed E-state index contributed by atoms with van der Waals surface area (Å²) in [5, 5.41) is 0.320. The molecule has 72 valence electrons. The minimum absolute atomic E-state index is 0.0602. The van der Waals surface area contributed by atoms with E-state index in [1.54, 1.807) is 0 Å². The molecule has 2 unspecified atom stereocenters. The second-order valence-corrected chi connectivity index (χ2v) is 4.63. The fourth-order valence-corrected chi connectivity index (χ4v) is 2.33. The predicted octanol–water partition coefficient (Wildman–Crippen LogP) is 3.21. The zero-order chi connectivity index (χ0) is 9.19. The highest BCUT2D eigenvalue weighted by molar-refractivity contribution is 6.20. The molecule has 0 aromatic rings. The molecule has 0 amide bonds. The molecule has 0 spiro atoms. The molecule has 1 heterocycles. The maximum atomic E-state index is 6.14. The Morgan fingerprint density at radius 2 is 2.25 bits per heavy atom. The van der Waals surface area contributed by atoms with Gasteiger partial charge in [0.05, 0.1) is 5.60 Å². The lowest BCUT2D eigenvalue weighted by Gasteiger charge is -2.42. The average Bonchev–Trinajstić information content (AvgIpc) is 2.04. The fourth-order valence-electron chi connectivity index (χ4n) is 1.98. The molecule has 1 aliphatic rings. The predicted molar refractivity (Wildman–Crippen MR) is 52.7 cm³/mol. The Morgan fingerprint density at radius 1 is 1.58 bits per heavy atom.